The van der Waals surface area contributed by atoms with Crippen LogP contribution in [0.4, 0.5) is 0 Å². The summed E-state index contributed by atoms with van der Waals surface area (Å²) in [5.41, 5.74) is 0. The van der Waals surface area contributed by atoms with E-state index in [2.05, 4.69) is 0 Å². The first kappa shape index (κ1) is 7.71. The van der Waals surface area contributed by atoms with Crippen LogP contribution >= 0.6 is 0 Å². The van der Waals surface area contributed by atoms with Crippen LogP contribution in [0, 0.1) is 11.3 Å². The topological polar surface area (TPSA) is 53.3 Å². The minimum absolute atomic E-state index is 0.136. The fourth-order valence-corrected chi connectivity index (χ4v) is 1.75. The molecular weight excluding hydrogens is 156 g/mol. The molecular formula is C8H10N2O2. The van der Waals surface area contributed by atoms with Crippen molar-refractivity contribution in [2.75, 3.05) is 6.54 Å². The van der Waals surface area contributed by atoms with Crippen molar-refractivity contribution in [3.63, 3.8) is 0 Å². The second kappa shape index (κ2) is 2.85. The van der Waals surface area contributed by atoms with E-state index in [9.17, 15) is 4.79 Å². The number of hydroxylamine groups is 2. The van der Waals surface area contributed by atoms with E-state index in [0.717, 1.165) is 13.0 Å². The zero-order valence-corrected chi connectivity index (χ0v) is 6.69. The minimum atomic E-state index is -0.406. The van der Waals surface area contributed by atoms with E-state index in [-0.39, 0.29) is 11.8 Å². The van der Waals surface area contributed by atoms with Gasteiger partial charge in [-0.05, 0) is 6.42 Å². The van der Waals surface area contributed by atoms with Crippen LogP contribution in [0.25, 0.3) is 0 Å². The van der Waals surface area contributed by atoms with Gasteiger partial charge in [-0.15, -0.1) is 0 Å². The smallest absolute Gasteiger partial charge is 0.167 e. The highest BCUT2D eigenvalue weighted by atomic mass is 16.7. The summed E-state index contributed by atoms with van der Waals surface area (Å²) in [6.45, 7) is 0.786. The monoisotopic (exact) mass is 166 g/mol. The van der Waals surface area contributed by atoms with Gasteiger partial charge in [-0.3, -0.25) is 9.63 Å². The number of piperidine rings is 1. The van der Waals surface area contributed by atoms with Crippen molar-refractivity contribution in [2.45, 2.75) is 31.4 Å². The van der Waals surface area contributed by atoms with E-state index in [1.807, 2.05) is 6.07 Å². The Labute approximate surface area is 70.7 Å². The molecule has 2 atom stereocenters. The molecule has 4 nitrogen and oxygen atoms in total. The molecule has 0 spiro atoms. The number of hydrogen-bond acceptors (Lipinski definition) is 4. The van der Waals surface area contributed by atoms with E-state index in [0.29, 0.717) is 12.8 Å². The molecule has 0 aromatic heterocycles. The first-order valence-corrected chi connectivity index (χ1v) is 4.17. The van der Waals surface area contributed by atoms with E-state index < -0.39 is 6.10 Å². The summed E-state index contributed by atoms with van der Waals surface area (Å²) in [6, 6.07) is 1.89. The summed E-state index contributed by atoms with van der Waals surface area (Å²) in [4.78, 5) is 16.5. The predicted molar refractivity (Wildman–Crippen MR) is 39.8 cm³/mol. The molecule has 2 fully saturated rings. The first-order chi connectivity index (χ1) is 5.81. The van der Waals surface area contributed by atoms with E-state index >= 15 is 0 Å². The molecule has 2 saturated heterocycles. The van der Waals surface area contributed by atoms with Crippen LogP contribution in [0.15, 0.2) is 0 Å². The van der Waals surface area contributed by atoms with Gasteiger partial charge in [0.25, 0.3) is 0 Å². The number of ketones is 1. The van der Waals surface area contributed by atoms with Crippen molar-refractivity contribution < 1.29 is 9.63 Å². The quantitative estimate of drug-likeness (QED) is 0.517. The molecule has 0 aliphatic carbocycles. The molecule has 0 saturated carbocycles. The predicted octanol–water partition coefficient (Wildman–Crippen LogP) is 0.247. The maximum absolute atomic E-state index is 11.3. The SMILES string of the molecule is N#C[C@@H]1C[C@@H]2C(=O)CCCN2O1. The molecule has 0 amide bonds. The number of rotatable bonds is 0. The van der Waals surface area contributed by atoms with E-state index in [1.165, 1.54) is 0 Å². The third-order valence-electron chi connectivity index (χ3n) is 2.36. The standard InChI is InChI=1S/C8H10N2O2/c9-5-6-4-7-8(11)2-1-3-10(7)12-6/h6-7H,1-4H2/t6-,7+/m0/s1. The maximum atomic E-state index is 11.3. The average molecular weight is 166 g/mol. The zero-order valence-electron chi connectivity index (χ0n) is 6.69. The molecule has 2 heterocycles. The van der Waals surface area contributed by atoms with Crippen molar-refractivity contribution in [1.82, 2.24) is 5.06 Å². The van der Waals surface area contributed by atoms with Crippen LogP contribution in [-0.2, 0) is 9.63 Å². The highest BCUT2D eigenvalue weighted by molar-refractivity contribution is 5.84. The Morgan fingerprint density at radius 3 is 3.17 bits per heavy atom. The molecule has 12 heavy (non-hydrogen) atoms. The third-order valence-corrected chi connectivity index (χ3v) is 2.36. The van der Waals surface area contributed by atoms with Gasteiger partial charge >= 0.3 is 0 Å². The van der Waals surface area contributed by atoms with Gasteiger partial charge in [0.1, 0.15) is 0 Å². The molecule has 64 valence electrons. The highest BCUT2D eigenvalue weighted by Gasteiger charge is 2.39. The van der Waals surface area contributed by atoms with Gasteiger partial charge in [0.05, 0.1) is 12.1 Å². The molecule has 0 N–H and O–H groups in total. The summed E-state index contributed by atoms with van der Waals surface area (Å²) in [5.74, 6) is 0.221. The largest absolute Gasteiger partial charge is 0.298 e. The number of hydrogen-bond donors (Lipinski definition) is 0. The third kappa shape index (κ3) is 1.11. The van der Waals surface area contributed by atoms with E-state index in [1.54, 1.807) is 5.06 Å². The van der Waals surface area contributed by atoms with Gasteiger partial charge in [0.15, 0.2) is 11.9 Å². The van der Waals surface area contributed by atoms with Crippen LogP contribution in [0.5, 0.6) is 0 Å². The molecule has 0 aromatic carbocycles. The molecule has 0 aromatic rings. The summed E-state index contributed by atoms with van der Waals surface area (Å²) in [7, 11) is 0. The Morgan fingerprint density at radius 1 is 1.67 bits per heavy atom. The van der Waals surface area contributed by atoms with Crippen molar-refractivity contribution in [3.05, 3.63) is 0 Å². The summed E-state index contributed by atoms with van der Waals surface area (Å²) in [5, 5.41) is 10.3. The lowest BCUT2D eigenvalue weighted by molar-refractivity contribution is -0.168. The molecule has 0 bridgehead atoms. The van der Waals surface area contributed by atoms with Gasteiger partial charge in [0.2, 0.25) is 0 Å². The molecule has 0 unspecified atom stereocenters. The normalized spacial score (nSPS) is 36.1. The average Bonchev–Trinajstić information content (AvgIpc) is 2.49. The Bertz CT molecular complexity index is 246. The lowest BCUT2D eigenvalue weighted by Gasteiger charge is -2.25. The molecule has 2 rings (SSSR count). The minimum Gasteiger partial charge on any atom is -0.298 e. The lowest BCUT2D eigenvalue weighted by atomic mass is 9.99. The highest BCUT2D eigenvalue weighted by Crippen LogP contribution is 2.26. The van der Waals surface area contributed by atoms with Gasteiger partial charge in [0, 0.05) is 19.4 Å². The Hall–Kier alpha value is -0.920. The van der Waals surface area contributed by atoms with Gasteiger partial charge < -0.3 is 0 Å². The van der Waals surface area contributed by atoms with Gasteiger partial charge in [-0.1, -0.05) is 0 Å². The second-order valence-corrected chi connectivity index (χ2v) is 3.19. The Kier molecular flexibility index (Phi) is 1.83. The lowest BCUT2D eigenvalue weighted by Crippen LogP contribution is -2.40. The van der Waals surface area contributed by atoms with E-state index in [4.69, 9.17) is 10.1 Å². The second-order valence-electron chi connectivity index (χ2n) is 3.19. The van der Waals surface area contributed by atoms with Crippen molar-refractivity contribution in [3.8, 4) is 6.07 Å². The number of Topliss-reactive ketones (excluding diaryl/α,β-unsaturated/α-hetero) is 1. The first-order valence-electron chi connectivity index (χ1n) is 4.17. The molecule has 2 aliphatic heterocycles. The van der Waals surface area contributed by atoms with Gasteiger partial charge in [-0.2, -0.15) is 10.3 Å². The van der Waals surface area contributed by atoms with Crippen LogP contribution < -0.4 is 0 Å². The summed E-state index contributed by atoms with van der Waals surface area (Å²) in [6.07, 6.45) is 1.64. The van der Waals surface area contributed by atoms with Crippen molar-refractivity contribution in [1.29, 1.82) is 5.26 Å². The fourth-order valence-electron chi connectivity index (χ4n) is 1.75. The van der Waals surface area contributed by atoms with Gasteiger partial charge in [-0.25, -0.2) is 0 Å². The van der Waals surface area contributed by atoms with Crippen molar-refractivity contribution in [2.24, 2.45) is 0 Å². The summed E-state index contributed by atoms with van der Waals surface area (Å²) < 4.78 is 0. The Morgan fingerprint density at radius 2 is 2.50 bits per heavy atom. The summed E-state index contributed by atoms with van der Waals surface area (Å²) >= 11 is 0. The van der Waals surface area contributed by atoms with Crippen LogP contribution in [0.1, 0.15) is 19.3 Å². The fraction of sp³-hybridized carbons (Fsp3) is 0.750. The zero-order chi connectivity index (χ0) is 8.55. The molecule has 0 radical (unpaired) electrons. The molecule has 2 aliphatic rings. The van der Waals surface area contributed by atoms with Crippen LogP contribution in [0.3, 0.4) is 0 Å². The number of nitrogens with zero attached hydrogens (tertiary/aromatic N) is 2. The van der Waals surface area contributed by atoms with Crippen LogP contribution in [0.2, 0.25) is 0 Å². The number of nitriles is 1. The number of carbonyl (C=O) groups excluding carboxylic acids is 1. The molecule has 4 heteroatoms. The number of carbonyl (C=O) groups is 1. The van der Waals surface area contributed by atoms with Crippen LogP contribution in [-0.4, -0.2) is 29.5 Å². The van der Waals surface area contributed by atoms with Crippen molar-refractivity contribution >= 4 is 5.78 Å². The number of fused-ring (bicyclic) bond motifs is 1. The Balaban J connectivity index is 2.10. The maximum Gasteiger partial charge on any atom is 0.167 e.